The van der Waals surface area contributed by atoms with Crippen molar-refractivity contribution in [3.05, 3.63) is 29.2 Å². The van der Waals surface area contributed by atoms with Gasteiger partial charge in [-0.1, -0.05) is 0 Å². The van der Waals surface area contributed by atoms with Crippen LogP contribution in [0.2, 0.25) is 0 Å². The summed E-state index contributed by atoms with van der Waals surface area (Å²) in [4.78, 5) is 33.2. The van der Waals surface area contributed by atoms with E-state index in [1.807, 2.05) is 28.6 Å². The molecule has 5 rings (SSSR count). The molecule has 0 N–H and O–H groups in total. The summed E-state index contributed by atoms with van der Waals surface area (Å²) in [7, 11) is 0. The third-order valence-electron chi connectivity index (χ3n) is 6.08. The van der Waals surface area contributed by atoms with Crippen molar-refractivity contribution in [3.63, 3.8) is 0 Å². The lowest BCUT2D eigenvalue weighted by Gasteiger charge is -2.36. The lowest BCUT2D eigenvalue weighted by molar-refractivity contribution is -0.135. The maximum Gasteiger partial charge on any atom is 0.225 e. The van der Waals surface area contributed by atoms with E-state index in [0.29, 0.717) is 19.4 Å². The fraction of sp³-hybridized carbons (Fsp3) is 0.579. The van der Waals surface area contributed by atoms with E-state index in [9.17, 15) is 9.59 Å². The van der Waals surface area contributed by atoms with E-state index in [1.165, 1.54) is 5.69 Å². The second kappa shape index (κ2) is 5.79. The molecule has 7 heteroatoms. The minimum absolute atomic E-state index is 0.104. The summed E-state index contributed by atoms with van der Waals surface area (Å²) in [6.07, 6.45) is 6.74. The van der Waals surface area contributed by atoms with Crippen LogP contribution < -0.4 is 0 Å². The Morgan fingerprint density at radius 3 is 3.04 bits per heavy atom. The maximum atomic E-state index is 12.9. The highest BCUT2D eigenvalue weighted by Gasteiger charge is 2.43. The van der Waals surface area contributed by atoms with Crippen LogP contribution in [0.4, 0.5) is 0 Å². The minimum atomic E-state index is 0.104. The minimum Gasteiger partial charge on any atom is -0.342 e. The second-order valence-corrected chi connectivity index (χ2v) is 7.70. The SMILES string of the molecule is Cc1cc2ncc3c(n2n1)CC1CCC3N1C(=O)CCN1CCCC1=O. The lowest BCUT2D eigenvalue weighted by atomic mass is 9.98. The number of likely N-dealkylation sites (tertiary alicyclic amines) is 1. The molecule has 3 aliphatic rings. The number of carbonyl (C=O) groups excluding carboxylic acids is 2. The van der Waals surface area contributed by atoms with E-state index in [4.69, 9.17) is 0 Å². The number of rotatable bonds is 3. The van der Waals surface area contributed by atoms with Gasteiger partial charge in [-0.25, -0.2) is 9.50 Å². The predicted octanol–water partition coefficient (Wildman–Crippen LogP) is 1.64. The summed E-state index contributed by atoms with van der Waals surface area (Å²) in [6, 6.07) is 2.34. The molecule has 2 aromatic rings. The first-order valence-corrected chi connectivity index (χ1v) is 9.55. The highest BCUT2D eigenvalue weighted by atomic mass is 16.2. The van der Waals surface area contributed by atoms with Crippen LogP contribution in [0.3, 0.4) is 0 Å². The number of amides is 2. The number of hydrogen-bond donors (Lipinski definition) is 0. The van der Waals surface area contributed by atoms with Gasteiger partial charge in [0.1, 0.15) is 0 Å². The van der Waals surface area contributed by atoms with Gasteiger partial charge in [-0.2, -0.15) is 5.10 Å². The number of fused-ring (bicyclic) bond motifs is 6. The van der Waals surface area contributed by atoms with Gasteiger partial charge in [0.2, 0.25) is 11.8 Å². The van der Waals surface area contributed by atoms with Gasteiger partial charge < -0.3 is 9.80 Å². The molecule has 2 aromatic heterocycles. The summed E-state index contributed by atoms with van der Waals surface area (Å²) in [5.74, 6) is 0.352. The van der Waals surface area contributed by atoms with Gasteiger partial charge in [-0.3, -0.25) is 9.59 Å². The molecule has 7 nitrogen and oxygen atoms in total. The molecule has 2 bridgehead atoms. The standard InChI is InChI=1S/C19H23N5O2/c1-12-9-17-20-11-14-15-5-4-13(10-16(14)24(17)21-12)23(15)19(26)6-8-22-7-2-3-18(22)25/h9,11,13,15H,2-8,10H2,1H3. The highest BCUT2D eigenvalue weighted by Crippen LogP contribution is 2.43. The number of aromatic nitrogens is 3. The van der Waals surface area contributed by atoms with E-state index < -0.39 is 0 Å². The average Bonchev–Trinajstić information content (AvgIpc) is 3.29. The molecule has 26 heavy (non-hydrogen) atoms. The Kier molecular flexibility index (Phi) is 3.52. The average molecular weight is 353 g/mol. The first-order valence-electron chi connectivity index (χ1n) is 9.55. The Labute approximate surface area is 152 Å². The van der Waals surface area contributed by atoms with Gasteiger partial charge in [0.15, 0.2) is 5.65 Å². The van der Waals surface area contributed by atoms with E-state index in [1.54, 1.807) is 0 Å². The molecule has 0 radical (unpaired) electrons. The highest BCUT2D eigenvalue weighted by molar-refractivity contribution is 5.81. The summed E-state index contributed by atoms with van der Waals surface area (Å²) in [5.41, 5.74) is 4.19. The normalized spacial score (nSPS) is 24.6. The van der Waals surface area contributed by atoms with E-state index in [0.717, 1.165) is 49.1 Å². The van der Waals surface area contributed by atoms with Crippen molar-refractivity contribution in [1.29, 1.82) is 0 Å². The predicted molar refractivity (Wildman–Crippen MR) is 94.5 cm³/mol. The quantitative estimate of drug-likeness (QED) is 0.841. The monoisotopic (exact) mass is 353 g/mol. The molecule has 0 aromatic carbocycles. The molecule has 0 spiro atoms. The van der Waals surface area contributed by atoms with Gasteiger partial charge >= 0.3 is 0 Å². The van der Waals surface area contributed by atoms with Crippen LogP contribution in [0.5, 0.6) is 0 Å². The zero-order valence-electron chi connectivity index (χ0n) is 15.0. The van der Waals surface area contributed by atoms with Gasteiger partial charge in [0, 0.05) is 56.2 Å². The Balaban J connectivity index is 1.39. The Morgan fingerprint density at radius 1 is 1.35 bits per heavy atom. The molecular formula is C19H23N5O2. The van der Waals surface area contributed by atoms with Crippen molar-refractivity contribution in [2.24, 2.45) is 0 Å². The van der Waals surface area contributed by atoms with Crippen molar-refractivity contribution < 1.29 is 9.59 Å². The summed E-state index contributed by atoms with van der Waals surface area (Å²) in [6.45, 7) is 3.33. The van der Waals surface area contributed by atoms with E-state index >= 15 is 0 Å². The molecule has 5 heterocycles. The number of carbonyl (C=O) groups is 2. The Bertz CT molecular complexity index is 905. The van der Waals surface area contributed by atoms with Crippen molar-refractivity contribution in [2.75, 3.05) is 13.1 Å². The zero-order chi connectivity index (χ0) is 17.8. The molecule has 136 valence electrons. The topological polar surface area (TPSA) is 70.8 Å². The van der Waals surface area contributed by atoms with Crippen molar-refractivity contribution in [2.45, 2.75) is 57.5 Å². The van der Waals surface area contributed by atoms with Gasteiger partial charge in [-0.15, -0.1) is 0 Å². The van der Waals surface area contributed by atoms with Crippen LogP contribution in [-0.4, -0.2) is 55.3 Å². The Hall–Kier alpha value is -2.44. The van der Waals surface area contributed by atoms with Crippen LogP contribution in [0.15, 0.2) is 12.3 Å². The first-order chi connectivity index (χ1) is 12.6. The fourth-order valence-electron chi connectivity index (χ4n) is 4.88. The zero-order valence-corrected chi connectivity index (χ0v) is 15.0. The van der Waals surface area contributed by atoms with Gasteiger partial charge in [-0.05, 0) is 26.2 Å². The molecule has 2 amide bonds. The van der Waals surface area contributed by atoms with Crippen LogP contribution >= 0.6 is 0 Å². The Morgan fingerprint density at radius 2 is 2.23 bits per heavy atom. The molecule has 0 aliphatic carbocycles. The van der Waals surface area contributed by atoms with Crippen LogP contribution in [-0.2, 0) is 16.0 Å². The van der Waals surface area contributed by atoms with E-state index in [-0.39, 0.29) is 23.9 Å². The fourth-order valence-corrected chi connectivity index (χ4v) is 4.88. The lowest BCUT2D eigenvalue weighted by Crippen LogP contribution is -2.44. The molecule has 2 saturated heterocycles. The smallest absolute Gasteiger partial charge is 0.225 e. The third-order valence-corrected chi connectivity index (χ3v) is 6.08. The number of nitrogens with zero attached hydrogens (tertiary/aromatic N) is 5. The summed E-state index contributed by atoms with van der Waals surface area (Å²) in [5, 5.41) is 4.60. The molecule has 2 fully saturated rings. The van der Waals surface area contributed by atoms with Crippen molar-refractivity contribution in [3.8, 4) is 0 Å². The van der Waals surface area contributed by atoms with Crippen molar-refractivity contribution in [1.82, 2.24) is 24.4 Å². The van der Waals surface area contributed by atoms with Crippen molar-refractivity contribution >= 4 is 17.5 Å². The largest absolute Gasteiger partial charge is 0.342 e. The molecule has 2 unspecified atom stereocenters. The summed E-state index contributed by atoms with van der Waals surface area (Å²) < 4.78 is 1.96. The molecular weight excluding hydrogens is 330 g/mol. The summed E-state index contributed by atoms with van der Waals surface area (Å²) >= 11 is 0. The van der Waals surface area contributed by atoms with Gasteiger partial charge in [0.05, 0.1) is 17.4 Å². The van der Waals surface area contributed by atoms with Crippen LogP contribution in [0.1, 0.15) is 55.1 Å². The molecule has 0 saturated carbocycles. The van der Waals surface area contributed by atoms with Crippen LogP contribution in [0.25, 0.3) is 5.65 Å². The first kappa shape index (κ1) is 15.8. The molecule has 3 aliphatic heterocycles. The second-order valence-electron chi connectivity index (χ2n) is 7.70. The number of aryl methyl sites for hydroxylation is 1. The molecule has 2 atom stereocenters. The van der Waals surface area contributed by atoms with Crippen LogP contribution in [0, 0.1) is 6.92 Å². The van der Waals surface area contributed by atoms with Gasteiger partial charge in [0.25, 0.3) is 0 Å². The number of hydrogen-bond acceptors (Lipinski definition) is 4. The third kappa shape index (κ3) is 2.33. The van der Waals surface area contributed by atoms with E-state index in [2.05, 4.69) is 15.0 Å². The maximum absolute atomic E-state index is 12.9.